The first-order chi connectivity index (χ1) is 34.6. The largest absolute Gasteiger partial charge is 0.391 e. The van der Waals surface area contributed by atoms with Gasteiger partial charge in [0.15, 0.2) is 5.82 Å². The molecule has 5 N–H and O–H groups in total. The van der Waals surface area contributed by atoms with Crippen molar-refractivity contribution >= 4 is 69.7 Å². The first-order valence-electron chi connectivity index (χ1n) is 25.3. The van der Waals surface area contributed by atoms with Crippen molar-refractivity contribution in [2.45, 2.75) is 136 Å². The first kappa shape index (κ1) is 51.6. The Bertz CT molecular complexity index is 2730. The van der Waals surface area contributed by atoms with Gasteiger partial charge in [-0.2, -0.15) is 4.98 Å². The molecule has 16 nitrogen and oxygen atoms in total. The van der Waals surface area contributed by atoms with Crippen LogP contribution in [0.15, 0.2) is 84.5 Å². The summed E-state index contributed by atoms with van der Waals surface area (Å²) in [5.41, 5.74) is 7.49. The quantitative estimate of drug-likeness (QED) is 0.0526. The Hall–Kier alpha value is -6.72. The number of carbonyl (C=O) groups is 5. The van der Waals surface area contributed by atoms with Gasteiger partial charge < -0.3 is 41.1 Å². The summed E-state index contributed by atoms with van der Waals surface area (Å²) in [6.45, 7) is 10.0. The third-order valence-electron chi connectivity index (χ3n) is 14.1. The number of likely N-dealkylation sites (tertiary alicyclic amines) is 1. The maximum absolute atomic E-state index is 14.1. The highest BCUT2D eigenvalue weighted by atomic mass is 32.1. The molecule has 2 aliphatic heterocycles. The normalized spacial score (nSPS) is 17.7. The van der Waals surface area contributed by atoms with Crippen LogP contribution in [0, 0.1) is 12.3 Å². The average Bonchev–Trinajstić information content (AvgIpc) is 4.15. The smallest absolute Gasteiger partial charge is 0.260 e. The molecule has 3 aromatic carbocycles. The number of hydrogen-bond acceptors (Lipinski definition) is 12. The van der Waals surface area contributed by atoms with Crippen molar-refractivity contribution in [1.82, 2.24) is 35.8 Å². The number of para-hydroxylation sites is 1. The Morgan fingerprint density at radius 3 is 2.29 bits per heavy atom. The van der Waals surface area contributed by atoms with Gasteiger partial charge in [-0.25, -0.2) is 9.97 Å². The number of nitrogens with zero attached hydrogens (tertiary/aromatic N) is 6. The molecule has 0 radical (unpaired) electrons. The lowest BCUT2D eigenvalue weighted by atomic mass is 9.85. The maximum Gasteiger partial charge on any atom is 0.260 e. The molecular formula is C55H68N10O6S. The van der Waals surface area contributed by atoms with Crippen molar-refractivity contribution in [3.63, 3.8) is 0 Å². The fourth-order valence-corrected chi connectivity index (χ4v) is 10.8. The van der Waals surface area contributed by atoms with E-state index >= 15 is 0 Å². The Labute approximate surface area is 426 Å². The van der Waals surface area contributed by atoms with Gasteiger partial charge in [0.05, 0.1) is 45.7 Å². The molecule has 4 atom stereocenters. The summed E-state index contributed by atoms with van der Waals surface area (Å²) >= 11 is 1.58. The standard InChI is InChI=1S/C55H68N10O6S/c1-34(36-21-23-37(24-22-36)47-35(2)58-33-72-47)59-51(69)44-30-41(66)32-64(44)53(71)48(55(3,4)5)61-46(67)20-10-8-7-9-15-29-56-50(68)38-25-27-39(28-26-38)60-54-57-31-45-49(62-54)65(40-16-11-12-17-40)43-19-14-13-18-42(43)52(70)63(45)6/h13-14,18-19,21-28,31,33-34,40-41,44,48,66H,7-12,15-17,20,29-30,32H2,1-6H3,(H,56,68)(H,59,69)(H,61,67)(H,57,60,62)/t34-,41+,44-,48+/m0/s1. The van der Waals surface area contributed by atoms with Crippen LogP contribution in [-0.2, 0) is 14.4 Å². The SMILES string of the molecule is Cc1ncsc1-c1ccc([C@H](C)NC(=O)[C@@H]2C[C@@H](O)CN2C(=O)[C@@H](NC(=O)CCCCCCCNC(=O)c2ccc(Nc3ncc4c(n3)N(C3CCCC3)c3ccccc3C(=O)N4C)cc2)C(C)(C)C)cc1. The molecule has 4 heterocycles. The van der Waals surface area contributed by atoms with Gasteiger partial charge in [0.1, 0.15) is 17.8 Å². The van der Waals surface area contributed by atoms with Gasteiger partial charge in [0.2, 0.25) is 23.7 Å². The van der Waals surface area contributed by atoms with Gasteiger partial charge >= 0.3 is 0 Å². The Morgan fingerprint density at radius 2 is 1.58 bits per heavy atom. The van der Waals surface area contributed by atoms with E-state index < -0.39 is 23.6 Å². The van der Waals surface area contributed by atoms with Crippen LogP contribution in [0.4, 0.5) is 28.8 Å². The van der Waals surface area contributed by atoms with E-state index in [1.54, 1.807) is 41.6 Å². The summed E-state index contributed by atoms with van der Waals surface area (Å²) < 4.78 is 0. The van der Waals surface area contributed by atoms with Crippen molar-refractivity contribution in [3.8, 4) is 10.4 Å². The van der Waals surface area contributed by atoms with Gasteiger partial charge in [0, 0.05) is 50.3 Å². The number of nitrogens with one attached hydrogen (secondary N) is 4. The van der Waals surface area contributed by atoms with Crippen molar-refractivity contribution in [1.29, 1.82) is 0 Å². The van der Waals surface area contributed by atoms with Gasteiger partial charge in [-0.15, -0.1) is 11.3 Å². The molecule has 0 bridgehead atoms. The molecular weight excluding hydrogens is 929 g/mol. The van der Waals surface area contributed by atoms with Gasteiger partial charge in [-0.1, -0.05) is 89.3 Å². The lowest BCUT2D eigenvalue weighted by Gasteiger charge is -2.35. The molecule has 17 heteroatoms. The lowest BCUT2D eigenvalue weighted by molar-refractivity contribution is -0.144. The zero-order valence-electron chi connectivity index (χ0n) is 42.2. The number of rotatable bonds is 18. The zero-order chi connectivity index (χ0) is 51.1. The van der Waals surface area contributed by atoms with Crippen LogP contribution in [0.5, 0.6) is 0 Å². The van der Waals surface area contributed by atoms with Crippen LogP contribution in [-0.4, -0.2) is 98.9 Å². The predicted molar refractivity (Wildman–Crippen MR) is 282 cm³/mol. The molecule has 2 aromatic heterocycles. The lowest BCUT2D eigenvalue weighted by Crippen LogP contribution is -2.57. The van der Waals surface area contributed by atoms with E-state index in [2.05, 4.69) is 36.1 Å². The van der Waals surface area contributed by atoms with Crippen LogP contribution < -0.4 is 31.1 Å². The number of fused-ring (bicyclic) bond motifs is 2. The highest BCUT2D eigenvalue weighted by molar-refractivity contribution is 7.13. The average molecular weight is 997 g/mol. The number of aliphatic hydroxyl groups is 1. The summed E-state index contributed by atoms with van der Waals surface area (Å²) in [4.78, 5) is 87.9. The minimum atomic E-state index is -0.891. The van der Waals surface area contributed by atoms with Crippen molar-refractivity contribution in [2.75, 3.05) is 35.3 Å². The monoisotopic (exact) mass is 997 g/mol. The number of benzene rings is 3. The molecule has 0 spiro atoms. The molecule has 380 valence electrons. The maximum atomic E-state index is 14.1. The minimum absolute atomic E-state index is 0.00731. The molecule has 1 aliphatic carbocycles. The number of amides is 5. The summed E-state index contributed by atoms with van der Waals surface area (Å²) in [5.74, 6) is -0.172. The molecule has 8 rings (SSSR count). The fraction of sp³-hybridized carbons (Fsp3) is 0.455. The molecule has 2 fully saturated rings. The Kier molecular flexibility index (Phi) is 16.3. The second kappa shape index (κ2) is 22.8. The Balaban J connectivity index is 0.755. The number of β-amino-alcohol motifs (C(OH)–C–C–N with tert-alkyl or cyclic N) is 1. The van der Waals surface area contributed by atoms with E-state index in [0.29, 0.717) is 41.5 Å². The van der Waals surface area contributed by atoms with Crippen molar-refractivity contribution in [2.24, 2.45) is 5.41 Å². The number of aryl methyl sites for hydroxylation is 1. The van der Waals surface area contributed by atoms with Gasteiger partial charge in [0.25, 0.3) is 11.8 Å². The van der Waals surface area contributed by atoms with Crippen molar-refractivity contribution < 1.29 is 29.1 Å². The number of carbonyl (C=O) groups excluding carboxylic acids is 5. The molecule has 5 aromatic rings. The Morgan fingerprint density at radius 1 is 0.875 bits per heavy atom. The summed E-state index contributed by atoms with van der Waals surface area (Å²) in [6, 6.07) is 20.9. The predicted octanol–water partition coefficient (Wildman–Crippen LogP) is 8.76. The summed E-state index contributed by atoms with van der Waals surface area (Å²) in [5, 5.41) is 23.0. The second-order valence-corrected chi connectivity index (χ2v) is 21.3. The second-order valence-electron chi connectivity index (χ2n) is 20.4. The van der Waals surface area contributed by atoms with E-state index in [4.69, 9.17) is 4.98 Å². The topological polar surface area (TPSA) is 202 Å². The van der Waals surface area contributed by atoms with E-state index in [-0.39, 0.29) is 61.0 Å². The molecule has 1 saturated carbocycles. The number of unbranched alkanes of at least 4 members (excludes halogenated alkanes) is 4. The summed E-state index contributed by atoms with van der Waals surface area (Å²) in [7, 11) is 1.76. The number of aromatic nitrogens is 3. The van der Waals surface area contributed by atoms with E-state index in [9.17, 15) is 29.1 Å². The number of hydrogen-bond donors (Lipinski definition) is 5. The van der Waals surface area contributed by atoms with E-state index in [0.717, 1.165) is 84.4 Å². The van der Waals surface area contributed by atoms with E-state index in [1.165, 1.54) is 4.90 Å². The first-order valence-corrected chi connectivity index (χ1v) is 26.2. The third-order valence-corrected chi connectivity index (χ3v) is 15.0. The fourth-order valence-electron chi connectivity index (χ4n) is 9.97. The van der Waals surface area contributed by atoms with Crippen LogP contribution in [0.2, 0.25) is 0 Å². The van der Waals surface area contributed by atoms with Crippen LogP contribution >= 0.6 is 11.3 Å². The molecule has 5 amide bonds. The number of thiazole rings is 1. The summed E-state index contributed by atoms with van der Waals surface area (Å²) in [6.07, 6.45) is 9.45. The van der Waals surface area contributed by atoms with Crippen LogP contribution in [0.1, 0.15) is 136 Å². The highest BCUT2D eigenvalue weighted by Gasteiger charge is 2.45. The zero-order valence-corrected chi connectivity index (χ0v) is 43.1. The molecule has 0 unspecified atom stereocenters. The number of aliphatic hydroxyl groups excluding tert-OH is 1. The molecule has 72 heavy (non-hydrogen) atoms. The van der Waals surface area contributed by atoms with E-state index in [1.807, 2.05) is 101 Å². The van der Waals surface area contributed by atoms with Gasteiger partial charge in [-0.3, -0.25) is 24.0 Å². The van der Waals surface area contributed by atoms with Crippen molar-refractivity contribution in [3.05, 3.63) is 107 Å². The van der Waals surface area contributed by atoms with Crippen LogP contribution in [0.3, 0.4) is 0 Å². The van der Waals surface area contributed by atoms with Gasteiger partial charge in [-0.05, 0) is 92.5 Å². The third kappa shape index (κ3) is 12.0. The highest BCUT2D eigenvalue weighted by Crippen LogP contribution is 2.43. The molecule has 1 saturated heterocycles. The minimum Gasteiger partial charge on any atom is -0.391 e. The van der Waals surface area contributed by atoms with Crippen LogP contribution in [0.25, 0.3) is 10.4 Å². The number of anilines is 5. The molecule has 3 aliphatic rings.